The number of hydrogen-bond acceptors (Lipinski definition) is 7. The summed E-state index contributed by atoms with van der Waals surface area (Å²) in [6.07, 6.45) is 0. The number of aryl methyl sites for hydroxylation is 2. The minimum atomic E-state index is -0.928. The number of furan rings is 1. The molecule has 1 atom stereocenters. The molecule has 2 aromatic carbocycles. The van der Waals surface area contributed by atoms with Crippen LogP contribution in [0.2, 0.25) is 0 Å². The van der Waals surface area contributed by atoms with Crippen LogP contribution in [0.25, 0.3) is 10.2 Å². The summed E-state index contributed by atoms with van der Waals surface area (Å²) in [5.74, 6) is -1.33. The molecule has 2 N–H and O–H groups in total. The van der Waals surface area contributed by atoms with Gasteiger partial charge in [-0.1, -0.05) is 29.5 Å². The Morgan fingerprint density at radius 3 is 2.50 bits per heavy atom. The predicted molar refractivity (Wildman–Crippen MR) is 120 cm³/mol. The molecule has 0 radical (unpaired) electrons. The molecule has 0 saturated carbocycles. The van der Waals surface area contributed by atoms with Crippen molar-refractivity contribution < 1.29 is 24.2 Å². The molecular weight excluding hydrogens is 428 g/mol. The molecule has 160 valence electrons. The zero-order valence-corrected chi connectivity index (χ0v) is 18.0. The first-order valence-corrected chi connectivity index (χ1v) is 10.7. The summed E-state index contributed by atoms with van der Waals surface area (Å²) < 4.78 is 6.36. The van der Waals surface area contributed by atoms with Gasteiger partial charge in [-0.05, 0) is 61.4 Å². The maximum Gasteiger partial charge on any atom is 0.296 e. The van der Waals surface area contributed by atoms with Crippen LogP contribution >= 0.6 is 11.3 Å². The number of hydrogen-bond donors (Lipinski definition) is 2. The molecule has 3 heterocycles. The van der Waals surface area contributed by atoms with Crippen LogP contribution in [-0.4, -0.2) is 26.9 Å². The summed E-state index contributed by atoms with van der Waals surface area (Å²) in [5.41, 5.74) is 2.22. The van der Waals surface area contributed by atoms with Crippen LogP contribution in [0, 0.1) is 13.8 Å². The number of benzene rings is 2. The van der Waals surface area contributed by atoms with Gasteiger partial charge in [0.25, 0.3) is 5.91 Å². The van der Waals surface area contributed by atoms with E-state index in [0.717, 1.165) is 10.3 Å². The van der Waals surface area contributed by atoms with E-state index in [2.05, 4.69) is 4.98 Å². The highest BCUT2D eigenvalue weighted by atomic mass is 32.1. The number of rotatable bonds is 4. The minimum absolute atomic E-state index is 0.0300. The van der Waals surface area contributed by atoms with Crippen molar-refractivity contribution in [2.45, 2.75) is 19.9 Å². The number of phenolic OH excluding ortho intramolecular Hbond substituents is 1. The van der Waals surface area contributed by atoms with Crippen molar-refractivity contribution in [2.75, 3.05) is 4.90 Å². The van der Waals surface area contributed by atoms with Gasteiger partial charge in [0, 0.05) is 0 Å². The fraction of sp³-hybridized carbons (Fsp3) is 0.125. The molecule has 1 aliphatic rings. The normalized spacial score (nSPS) is 16.4. The van der Waals surface area contributed by atoms with E-state index in [1.807, 2.05) is 25.1 Å². The number of ketones is 1. The fourth-order valence-electron chi connectivity index (χ4n) is 3.82. The summed E-state index contributed by atoms with van der Waals surface area (Å²) in [5, 5.41) is 20.9. The van der Waals surface area contributed by atoms with E-state index in [1.54, 1.807) is 25.1 Å². The second-order valence-corrected chi connectivity index (χ2v) is 8.65. The number of phenols is 1. The second kappa shape index (κ2) is 7.35. The lowest BCUT2D eigenvalue weighted by Crippen LogP contribution is -2.30. The van der Waals surface area contributed by atoms with E-state index in [4.69, 9.17) is 4.42 Å². The molecular formula is C24H18N2O5S. The van der Waals surface area contributed by atoms with Crippen LogP contribution < -0.4 is 4.90 Å². The summed E-state index contributed by atoms with van der Waals surface area (Å²) in [6.45, 7) is 3.67. The van der Waals surface area contributed by atoms with Crippen LogP contribution in [0.15, 0.2) is 70.3 Å². The molecule has 0 saturated heterocycles. The van der Waals surface area contributed by atoms with Crippen LogP contribution in [-0.2, 0) is 4.79 Å². The number of fused-ring (bicyclic) bond motifs is 1. The quantitative estimate of drug-likeness (QED) is 0.428. The van der Waals surface area contributed by atoms with E-state index < -0.39 is 23.5 Å². The molecule has 0 fully saturated rings. The Morgan fingerprint density at radius 1 is 1.06 bits per heavy atom. The van der Waals surface area contributed by atoms with Gasteiger partial charge in [-0.15, -0.1) is 0 Å². The third kappa shape index (κ3) is 3.16. The van der Waals surface area contributed by atoms with Gasteiger partial charge in [0.15, 0.2) is 16.7 Å². The van der Waals surface area contributed by atoms with Crippen molar-refractivity contribution in [1.82, 2.24) is 4.98 Å². The molecule has 0 unspecified atom stereocenters. The van der Waals surface area contributed by atoms with E-state index in [-0.39, 0.29) is 17.1 Å². The summed E-state index contributed by atoms with van der Waals surface area (Å²) in [7, 11) is 0. The van der Waals surface area contributed by atoms with Crippen LogP contribution in [0.5, 0.6) is 5.75 Å². The van der Waals surface area contributed by atoms with Crippen molar-refractivity contribution >= 4 is 38.4 Å². The number of aliphatic hydroxyl groups excluding tert-OH is 1. The van der Waals surface area contributed by atoms with E-state index in [0.29, 0.717) is 22.0 Å². The molecule has 0 bridgehead atoms. The van der Waals surface area contributed by atoms with Crippen LogP contribution in [0.1, 0.15) is 33.5 Å². The van der Waals surface area contributed by atoms with Crippen molar-refractivity contribution in [3.05, 3.63) is 88.6 Å². The molecule has 8 heteroatoms. The second-order valence-electron chi connectivity index (χ2n) is 7.64. The average Bonchev–Trinajstić information content (AvgIpc) is 3.44. The van der Waals surface area contributed by atoms with Gasteiger partial charge >= 0.3 is 0 Å². The molecule has 0 spiro atoms. The smallest absolute Gasteiger partial charge is 0.296 e. The number of thiazole rings is 1. The Bertz CT molecular complexity index is 1410. The lowest BCUT2D eigenvalue weighted by Gasteiger charge is -2.24. The number of carbonyl (C=O) groups is 2. The first-order chi connectivity index (χ1) is 15.3. The number of nitrogens with zero attached hydrogens (tertiary/aromatic N) is 2. The Morgan fingerprint density at radius 2 is 1.81 bits per heavy atom. The lowest BCUT2D eigenvalue weighted by molar-refractivity contribution is -0.117. The van der Waals surface area contributed by atoms with Gasteiger partial charge in [0.05, 0.1) is 21.8 Å². The number of aliphatic hydroxyl groups is 1. The van der Waals surface area contributed by atoms with Crippen LogP contribution in [0.3, 0.4) is 0 Å². The third-order valence-electron chi connectivity index (χ3n) is 5.36. The molecule has 2 aromatic heterocycles. The number of aromatic hydroxyl groups is 1. The number of carbonyl (C=O) groups excluding carboxylic acids is 2. The highest BCUT2D eigenvalue weighted by Crippen LogP contribution is 2.44. The number of aromatic nitrogens is 1. The van der Waals surface area contributed by atoms with Gasteiger partial charge in [0.2, 0.25) is 5.78 Å². The SMILES string of the molecule is Cc1ccc2nc(N3C(=O)C(O)=C(C(=O)c4ccc(C)o4)[C@H]3c3ccc(O)cc3)sc2c1. The third-order valence-corrected chi connectivity index (χ3v) is 6.38. The van der Waals surface area contributed by atoms with Gasteiger partial charge < -0.3 is 14.6 Å². The maximum atomic E-state index is 13.3. The lowest BCUT2D eigenvalue weighted by atomic mass is 9.95. The van der Waals surface area contributed by atoms with Gasteiger partial charge in [-0.3, -0.25) is 14.5 Å². The molecule has 0 aliphatic carbocycles. The Hall–Kier alpha value is -3.91. The highest BCUT2D eigenvalue weighted by Gasteiger charge is 2.46. The molecule has 5 rings (SSSR count). The maximum absolute atomic E-state index is 13.3. The minimum Gasteiger partial charge on any atom is -0.508 e. The van der Waals surface area contributed by atoms with Crippen molar-refractivity contribution in [1.29, 1.82) is 0 Å². The van der Waals surface area contributed by atoms with Crippen molar-refractivity contribution in [2.24, 2.45) is 0 Å². The Kier molecular flexibility index (Phi) is 4.60. The predicted octanol–water partition coefficient (Wildman–Crippen LogP) is 4.99. The number of anilines is 1. The van der Waals surface area contributed by atoms with Crippen molar-refractivity contribution in [3.8, 4) is 5.75 Å². The summed E-state index contributed by atoms with van der Waals surface area (Å²) in [4.78, 5) is 32.4. The summed E-state index contributed by atoms with van der Waals surface area (Å²) in [6, 6.07) is 14.1. The van der Waals surface area contributed by atoms with Crippen LogP contribution in [0.4, 0.5) is 5.13 Å². The van der Waals surface area contributed by atoms with E-state index >= 15 is 0 Å². The average molecular weight is 446 g/mol. The topological polar surface area (TPSA) is 104 Å². The zero-order chi connectivity index (χ0) is 22.6. The summed E-state index contributed by atoms with van der Waals surface area (Å²) >= 11 is 1.30. The van der Waals surface area contributed by atoms with Gasteiger partial charge in [-0.2, -0.15) is 0 Å². The fourth-order valence-corrected chi connectivity index (χ4v) is 4.91. The Balaban J connectivity index is 1.68. The van der Waals surface area contributed by atoms with Gasteiger partial charge in [0.1, 0.15) is 11.5 Å². The van der Waals surface area contributed by atoms with E-state index in [1.165, 1.54) is 34.4 Å². The molecule has 1 amide bonds. The van der Waals surface area contributed by atoms with E-state index in [9.17, 15) is 19.8 Å². The van der Waals surface area contributed by atoms with Gasteiger partial charge in [-0.25, -0.2) is 4.98 Å². The Labute approximate surface area is 186 Å². The van der Waals surface area contributed by atoms with Crippen molar-refractivity contribution in [3.63, 3.8) is 0 Å². The highest BCUT2D eigenvalue weighted by molar-refractivity contribution is 7.22. The molecule has 32 heavy (non-hydrogen) atoms. The largest absolute Gasteiger partial charge is 0.508 e. The monoisotopic (exact) mass is 446 g/mol. The molecule has 7 nitrogen and oxygen atoms in total. The first-order valence-electron chi connectivity index (χ1n) is 9.87. The number of Topliss-reactive ketones (excluding diaryl/α,β-unsaturated/α-hetero) is 1. The zero-order valence-electron chi connectivity index (χ0n) is 17.2. The molecule has 4 aromatic rings. The standard InChI is InChI=1S/C24H18N2O5S/c1-12-3-9-16-18(11-12)32-24(25-16)26-20(14-5-7-15(27)8-6-14)19(22(29)23(26)30)21(28)17-10-4-13(2)31-17/h3-11,20,27,29H,1-2H3/t20-/m1/s1. The first kappa shape index (κ1) is 20.0. The molecule has 1 aliphatic heterocycles. The number of amides is 1.